The number of fused-ring (bicyclic) bond motifs is 12. The van der Waals surface area contributed by atoms with E-state index in [1.165, 1.54) is 77.9 Å². The molecule has 0 bridgehead atoms. The summed E-state index contributed by atoms with van der Waals surface area (Å²) in [4.78, 5) is 2.35. The number of nitrogens with zero attached hydrogens (tertiary/aromatic N) is 1. The fourth-order valence-corrected chi connectivity index (χ4v) is 10.6. The van der Waals surface area contributed by atoms with Crippen molar-refractivity contribution in [3.8, 4) is 56.0 Å². The van der Waals surface area contributed by atoms with Gasteiger partial charge in [-0.2, -0.15) is 0 Å². The Labute approximate surface area is 351 Å². The highest BCUT2D eigenvalue weighted by Crippen LogP contribution is 2.62. The second-order valence-electron chi connectivity index (χ2n) is 16.8. The van der Waals surface area contributed by atoms with Crippen molar-refractivity contribution in [3.63, 3.8) is 0 Å². The third kappa shape index (κ3) is 4.94. The van der Waals surface area contributed by atoms with E-state index in [1.807, 2.05) is 0 Å². The van der Waals surface area contributed by atoms with Crippen LogP contribution in [-0.4, -0.2) is 0 Å². The molecule has 0 saturated heterocycles. The highest BCUT2D eigenvalue weighted by molar-refractivity contribution is 5.91. The van der Waals surface area contributed by atoms with Gasteiger partial charge in [-0.1, -0.05) is 166 Å². The number of para-hydroxylation sites is 3. The molecule has 2 nitrogen and oxygen atoms in total. The zero-order chi connectivity index (χ0) is 40.0. The summed E-state index contributed by atoms with van der Waals surface area (Å²) in [6, 6.07) is 77.6. The van der Waals surface area contributed by atoms with Gasteiger partial charge in [-0.15, -0.1) is 0 Å². The highest BCUT2D eigenvalue weighted by Gasteiger charge is 2.51. The minimum Gasteiger partial charge on any atom is -0.457 e. The lowest BCUT2D eigenvalue weighted by atomic mass is 9.66. The summed E-state index contributed by atoms with van der Waals surface area (Å²) < 4.78 is 6.54. The normalized spacial score (nSPS) is 14.2. The van der Waals surface area contributed by atoms with Gasteiger partial charge in [-0.05, 0) is 127 Å². The molecule has 9 aromatic rings. The first kappa shape index (κ1) is 34.6. The van der Waals surface area contributed by atoms with Gasteiger partial charge in [0.25, 0.3) is 0 Å². The van der Waals surface area contributed by atoms with Crippen molar-refractivity contribution in [2.75, 3.05) is 4.90 Å². The van der Waals surface area contributed by atoms with Crippen molar-refractivity contribution >= 4 is 17.1 Å². The maximum absolute atomic E-state index is 6.54. The predicted molar refractivity (Wildman–Crippen MR) is 247 cm³/mol. The average Bonchev–Trinajstić information content (AvgIpc) is 3.72. The van der Waals surface area contributed by atoms with Crippen LogP contribution in [0.1, 0.15) is 47.2 Å². The lowest BCUT2D eigenvalue weighted by Gasteiger charge is -2.39. The molecule has 1 heterocycles. The van der Waals surface area contributed by atoms with Crippen molar-refractivity contribution in [2.45, 2.75) is 24.7 Å². The molecule has 60 heavy (non-hydrogen) atoms. The van der Waals surface area contributed by atoms with Crippen LogP contribution in [0.5, 0.6) is 11.5 Å². The van der Waals surface area contributed by atoms with Gasteiger partial charge >= 0.3 is 0 Å². The van der Waals surface area contributed by atoms with E-state index in [-0.39, 0.29) is 5.41 Å². The predicted octanol–water partition coefficient (Wildman–Crippen LogP) is 15.3. The first-order valence-electron chi connectivity index (χ1n) is 20.9. The standard InChI is InChI=1S/C58H41NO/c1-57(2)49-18-8-6-16-45(49)47-34-28-41(37-54(47)57)39-26-32-44(33-27-39)59(42-14-4-3-5-15-42)43-30-24-38(25-31-43)40-29-35-51-48(36-40)46-17-7-9-19-50(46)58(51)52-20-10-12-22-55(52)60-56-23-13-11-21-53(56)58/h3-37H,1-2H3. The molecule has 0 N–H and O–H groups in total. The summed E-state index contributed by atoms with van der Waals surface area (Å²) in [7, 11) is 0. The maximum atomic E-state index is 6.54. The van der Waals surface area contributed by atoms with Crippen molar-refractivity contribution < 1.29 is 4.74 Å². The van der Waals surface area contributed by atoms with Crippen LogP contribution in [0.15, 0.2) is 212 Å². The van der Waals surface area contributed by atoms with Crippen LogP contribution in [0.2, 0.25) is 0 Å². The zero-order valence-electron chi connectivity index (χ0n) is 33.6. The van der Waals surface area contributed by atoms with Crippen molar-refractivity contribution in [1.82, 2.24) is 0 Å². The summed E-state index contributed by atoms with van der Waals surface area (Å²) in [6.07, 6.45) is 0. The Morgan fingerprint density at radius 2 is 0.750 bits per heavy atom. The fraction of sp³-hybridized carbons (Fsp3) is 0.0690. The maximum Gasteiger partial charge on any atom is 0.132 e. The molecular formula is C58H41NO. The van der Waals surface area contributed by atoms with E-state index in [1.54, 1.807) is 0 Å². The van der Waals surface area contributed by atoms with Crippen LogP contribution >= 0.6 is 0 Å². The van der Waals surface area contributed by atoms with Gasteiger partial charge in [-0.25, -0.2) is 0 Å². The molecule has 0 saturated carbocycles. The average molecular weight is 768 g/mol. The van der Waals surface area contributed by atoms with Crippen LogP contribution in [0.3, 0.4) is 0 Å². The Morgan fingerprint density at radius 1 is 0.317 bits per heavy atom. The summed E-state index contributed by atoms with van der Waals surface area (Å²) >= 11 is 0. The van der Waals surface area contributed by atoms with Gasteiger partial charge < -0.3 is 9.64 Å². The smallest absolute Gasteiger partial charge is 0.132 e. The number of hydrogen-bond donors (Lipinski definition) is 0. The lowest BCUT2D eigenvalue weighted by Crippen LogP contribution is -2.32. The van der Waals surface area contributed by atoms with E-state index in [2.05, 4.69) is 231 Å². The van der Waals surface area contributed by atoms with E-state index in [0.29, 0.717) is 0 Å². The molecule has 0 unspecified atom stereocenters. The van der Waals surface area contributed by atoms with E-state index < -0.39 is 5.41 Å². The van der Waals surface area contributed by atoms with Crippen molar-refractivity contribution in [1.29, 1.82) is 0 Å². The third-order valence-corrected chi connectivity index (χ3v) is 13.4. The molecule has 0 fully saturated rings. The number of hydrogen-bond acceptors (Lipinski definition) is 2. The number of benzene rings is 9. The Morgan fingerprint density at radius 3 is 1.38 bits per heavy atom. The third-order valence-electron chi connectivity index (χ3n) is 13.4. The van der Waals surface area contributed by atoms with Gasteiger partial charge in [0, 0.05) is 33.6 Å². The topological polar surface area (TPSA) is 12.5 Å². The molecule has 0 radical (unpaired) electrons. The second-order valence-corrected chi connectivity index (χ2v) is 16.8. The summed E-state index contributed by atoms with van der Waals surface area (Å²) in [5.74, 6) is 1.82. The lowest BCUT2D eigenvalue weighted by molar-refractivity contribution is 0.436. The Balaban J connectivity index is 0.906. The molecule has 9 aromatic carbocycles. The monoisotopic (exact) mass is 767 g/mol. The van der Waals surface area contributed by atoms with Crippen LogP contribution in [0.25, 0.3) is 44.5 Å². The number of ether oxygens (including phenoxy) is 1. The molecule has 2 heteroatoms. The number of anilines is 3. The number of rotatable bonds is 5. The van der Waals surface area contributed by atoms with Gasteiger partial charge in [0.1, 0.15) is 11.5 Å². The van der Waals surface area contributed by atoms with Crippen LogP contribution in [0, 0.1) is 0 Å². The van der Waals surface area contributed by atoms with Crippen LogP contribution in [-0.2, 0) is 10.8 Å². The highest BCUT2D eigenvalue weighted by atomic mass is 16.5. The minimum absolute atomic E-state index is 0.0338. The second kappa shape index (κ2) is 13.0. The minimum atomic E-state index is -0.464. The molecule has 0 aromatic heterocycles. The van der Waals surface area contributed by atoms with E-state index >= 15 is 0 Å². The SMILES string of the molecule is CC1(C)c2ccccc2-c2ccc(-c3ccc(N(c4ccccc4)c4ccc(-c5ccc6c(c5)-c5ccccc5C65c6ccccc6Oc6ccccc65)cc4)cc3)cc21. The molecular weight excluding hydrogens is 727 g/mol. The van der Waals surface area contributed by atoms with Gasteiger partial charge in [0.05, 0.1) is 5.41 Å². The molecule has 12 rings (SSSR count). The molecule has 1 aliphatic heterocycles. The first-order chi connectivity index (χ1) is 29.5. The van der Waals surface area contributed by atoms with Crippen molar-refractivity contribution in [3.05, 3.63) is 246 Å². The van der Waals surface area contributed by atoms with E-state index in [0.717, 1.165) is 28.6 Å². The Hall–Kier alpha value is -7.42. The quantitative estimate of drug-likeness (QED) is 0.173. The first-order valence-corrected chi connectivity index (χ1v) is 20.9. The van der Waals surface area contributed by atoms with Gasteiger partial charge in [0.15, 0.2) is 0 Å². The molecule has 284 valence electrons. The fourth-order valence-electron chi connectivity index (χ4n) is 10.6. The zero-order valence-corrected chi connectivity index (χ0v) is 33.6. The van der Waals surface area contributed by atoms with Gasteiger partial charge in [-0.3, -0.25) is 0 Å². The Kier molecular flexibility index (Phi) is 7.52. The Bertz CT molecular complexity index is 3090. The molecule has 3 aliphatic rings. The molecule has 0 amide bonds. The molecule has 1 spiro atoms. The van der Waals surface area contributed by atoms with E-state index in [9.17, 15) is 0 Å². The van der Waals surface area contributed by atoms with Crippen LogP contribution < -0.4 is 9.64 Å². The molecule has 2 aliphatic carbocycles. The summed E-state index contributed by atoms with van der Waals surface area (Å²) in [5.41, 5.74) is 20.6. The molecule has 0 atom stereocenters. The van der Waals surface area contributed by atoms with Crippen LogP contribution in [0.4, 0.5) is 17.1 Å². The van der Waals surface area contributed by atoms with Crippen molar-refractivity contribution in [2.24, 2.45) is 0 Å². The largest absolute Gasteiger partial charge is 0.457 e. The summed E-state index contributed by atoms with van der Waals surface area (Å²) in [6.45, 7) is 4.69. The van der Waals surface area contributed by atoms with E-state index in [4.69, 9.17) is 4.74 Å². The van der Waals surface area contributed by atoms with Gasteiger partial charge in [0.2, 0.25) is 0 Å². The summed E-state index contributed by atoms with van der Waals surface area (Å²) in [5, 5.41) is 0.